The number of benzene rings is 1. The molecule has 0 radical (unpaired) electrons. The van der Waals surface area contributed by atoms with Crippen LogP contribution in [0.1, 0.15) is 24.8 Å². The Bertz CT molecular complexity index is 535. The van der Waals surface area contributed by atoms with Gasteiger partial charge in [0.2, 0.25) is 5.91 Å². The molecule has 24 heavy (non-hydrogen) atoms. The predicted molar refractivity (Wildman–Crippen MR) is 95.7 cm³/mol. The van der Waals surface area contributed by atoms with E-state index in [9.17, 15) is 4.79 Å². The normalized spacial score (nSPS) is 20.2. The summed E-state index contributed by atoms with van der Waals surface area (Å²) in [6, 6.07) is 7.81. The number of rotatable bonds is 5. The number of anilines is 1. The Hall–Kier alpha value is -1.59. The number of hydrogen-bond acceptors (Lipinski definition) is 4. The predicted octanol–water partition coefficient (Wildman–Crippen LogP) is 1.77. The van der Waals surface area contributed by atoms with Gasteiger partial charge < -0.3 is 15.4 Å². The van der Waals surface area contributed by atoms with Crippen molar-refractivity contribution in [3.8, 4) is 0 Å². The Morgan fingerprint density at radius 3 is 2.54 bits per heavy atom. The van der Waals surface area contributed by atoms with Gasteiger partial charge in [0.25, 0.3) is 0 Å². The summed E-state index contributed by atoms with van der Waals surface area (Å²) >= 11 is 0. The van der Waals surface area contributed by atoms with Crippen molar-refractivity contribution in [2.45, 2.75) is 25.7 Å². The summed E-state index contributed by atoms with van der Waals surface area (Å²) in [5, 5.41) is 0. The summed E-state index contributed by atoms with van der Waals surface area (Å²) in [6.07, 6.45) is 3.64. The maximum atomic E-state index is 12.4. The number of aryl methyl sites for hydroxylation is 1. The highest BCUT2D eigenvalue weighted by Gasteiger charge is 2.23. The Labute approximate surface area is 144 Å². The fourth-order valence-electron chi connectivity index (χ4n) is 3.64. The monoisotopic (exact) mass is 331 g/mol. The lowest BCUT2D eigenvalue weighted by molar-refractivity contribution is -0.133. The molecule has 0 bridgehead atoms. The highest BCUT2D eigenvalue weighted by atomic mass is 16.5. The molecule has 1 aromatic carbocycles. The van der Waals surface area contributed by atoms with Crippen LogP contribution in [0, 0.1) is 5.92 Å². The van der Waals surface area contributed by atoms with Crippen LogP contribution in [-0.4, -0.2) is 61.6 Å². The molecule has 2 saturated heterocycles. The lowest BCUT2D eigenvalue weighted by Crippen LogP contribution is -2.50. The van der Waals surface area contributed by atoms with Crippen molar-refractivity contribution >= 4 is 11.6 Å². The van der Waals surface area contributed by atoms with Gasteiger partial charge >= 0.3 is 0 Å². The van der Waals surface area contributed by atoms with Crippen LogP contribution in [0.3, 0.4) is 0 Å². The number of hydrogen-bond donors (Lipinski definition) is 1. The third-order valence-corrected chi connectivity index (χ3v) is 5.25. The number of carbonyl (C=O) groups excluding carboxylic acids is 1. The standard InChI is InChI=1S/C19H29N3O2/c20-18-4-2-1-3-17(18)5-6-19(23)22-11-9-21(10-12-22)15-16-7-13-24-14-8-16/h1-4,16H,5-15,20H2. The molecule has 5 heteroatoms. The van der Waals surface area contributed by atoms with Crippen molar-refractivity contribution in [2.75, 3.05) is 51.7 Å². The molecule has 2 aliphatic heterocycles. The largest absolute Gasteiger partial charge is 0.399 e. The average Bonchev–Trinajstić information content (AvgIpc) is 2.62. The van der Waals surface area contributed by atoms with Crippen LogP contribution in [0.2, 0.25) is 0 Å². The lowest BCUT2D eigenvalue weighted by atomic mass is 9.99. The second-order valence-electron chi connectivity index (χ2n) is 6.94. The summed E-state index contributed by atoms with van der Waals surface area (Å²) in [4.78, 5) is 17.0. The van der Waals surface area contributed by atoms with Gasteiger partial charge in [0.1, 0.15) is 0 Å². The molecule has 2 aliphatic rings. The van der Waals surface area contributed by atoms with Crippen molar-refractivity contribution < 1.29 is 9.53 Å². The topological polar surface area (TPSA) is 58.8 Å². The van der Waals surface area contributed by atoms with E-state index in [0.717, 1.165) is 69.5 Å². The zero-order valence-electron chi connectivity index (χ0n) is 14.5. The first kappa shape index (κ1) is 17.2. The number of para-hydroxylation sites is 1. The fourth-order valence-corrected chi connectivity index (χ4v) is 3.64. The molecule has 0 unspecified atom stereocenters. The van der Waals surface area contributed by atoms with Crippen LogP contribution in [0.4, 0.5) is 5.69 Å². The molecule has 0 aromatic heterocycles. The smallest absolute Gasteiger partial charge is 0.222 e. The first-order valence-electron chi connectivity index (χ1n) is 9.13. The van der Waals surface area contributed by atoms with Gasteiger partial charge in [-0.3, -0.25) is 9.69 Å². The molecule has 0 aliphatic carbocycles. The Kier molecular flexibility index (Phi) is 6.10. The minimum absolute atomic E-state index is 0.254. The van der Waals surface area contributed by atoms with Crippen LogP contribution in [0.25, 0.3) is 0 Å². The van der Waals surface area contributed by atoms with Gasteiger partial charge in [0, 0.05) is 58.0 Å². The van der Waals surface area contributed by atoms with Crippen LogP contribution in [0.15, 0.2) is 24.3 Å². The number of piperazine rings is 1. The molecule has 0 atom stereocenters. The molecule has 1 amide bonds. The van der Waals surface area contributed by atoms with E-state index in [1.807, 2.05) is 29.2 Å². The molecular weight excluding hydrogens is 302 g/mol. The van der Waals surface area contributed by atoms with E-state index in [2.05, 4.69) is 4.90 Å². The average molecular weight is 331 g/mol. The summed E-state index contributed by atoms with van der Waals surface area (Å²) < 4.78 is 5.43. The van der Waals surface area contributed by atoms with Gasteiger partial charge in [-0.15, -0.1) is 0 Å². The molecule has 0 saturated carbocycles. The quantitative estimate of drug-likeness (QED) is 0.836. The molecule has 2 heterocycles. The third kappa shape index (κ3) is 4.71. The van der Waals surface area contributed by atoms with E-state index in [1.54, 1.807) is 0 Å². The van der Waals surface area contributed by atoms with Crippen molar-refractivity contribution in [1.29, 1.82) is 0 Å². The maximum Gasteiger partial charge on any atom is 0.222 e. The van der Waals surface area contributed by atoms with Crippen molar-refractivity contribution in [2.24, 2.45) is 5.92 Å². The van der Waals surface area contributed by atoms with E-state index in [4.69, 9.17) is 10.5 Å². The van der Waals surface area contributed by atoms with E-state index in [0.29, 0.717) is 6.42 Å². The highest BCUT2D eigenvalue weighted by Crippen LogP contribution is 2.18. The summed E-state index contributed by atoms with van der Waals surface area (Å²) in [5.74, 6) is 1.02. The number of amides is 1. The van der Waals surface area contributed by atoms with Crippen molar-refractivity contribution in [3.63, 3.8) is 0 Å². The van der Waals surface area contributed by atoms with E-state index in [-0.39, 0.29) is 5.91 Å². The van der Waals surface area contributed by atoms with Gasteiger partial charge in [-0.1, -0.05) is 18.2 Å². The molecule has 0 spiro atoms. The van der Waals surface area contributed by atoms with Gasteiger partial charge in [-0.2, -0.15) is 0 Å². The molecule has 132 valence electrons. The van der Waals surface area contributed by atoms with Crippen molar-refractivity contribution in [3.05, 3.63) is 29.8 Å². The zero-order valence-corrected chi connectivity index (χ0v) is 14.5. The molecule has 2 N–H and O–H groups in total. The number of ether oxygens (including phenoxy) is 1. The first-order valence-corrected chi connectivity index (χ1v) is 9.13. The van der Waals surface area contributed by atoms with Crippen LogP contribution >= 0.6 is 0 Å². The third-order valence-electron chi connectivity index (χ3n) is 5.25. The van der Waals surface area contributed by atoms with E-state index in [1.165, 1.54) is 12.8 Å². The Balaban J connectivity index is 1.39. The van der Waals surface area contributed by atoms with Gasteiger partial charge in [-0.05, 0) is 36.8 Å². The second kappa shape index (κ2) is 8.49. The van der Waals surface area contributed by atoms with E-state index < -0.39 is 0 Å². The molecular formula is C19H29N3O2. The number of nitrogens with two attached hydrogens (primary N) is 1. The Morgan fingerprint density at radius 1 is 1.12 bits per heavy atom. The first-order chi connectivity index (χ1) is 11.7. The van der Waals surface area contributed by atoms with E-state index >= 15 is 0 Å². The van der Waals surface area contributed by atoms with Gasteiger partial charge in [-0.25, -0.2) is 0 Å². The summed E-state index contributed by atoms with van der Waals surface area (Å²) in [5.41, 5.74) is 7.81. The highest BCUT2D eigenvalue weighted by molar-refractivity contribution is 5.76. The minimum Gasteiger partial charge on any atom is -0.399 e. The fraction of sp³-hybridized carbons (Fsp3) is 0.632. The van der Waals surface area contributed by atoms with Crippen LogP contribution in [-0.2, 0) is 16.0 Å². The lowest BCUT2D eigenvalue weighted by Gasteiger charge is -2.37. The number of nitrogen functional groups attached to an aromatic ring is 1. The van der Waals surface area contributed by atoms with Gasteiger partial charge in [0.05, 0.1) is 0 Å². The maximum absolute atomic E-state index is 12.4. The summed E-state index contributed by atoms with van der Waals surface area (Å²) in [7, 11) is 0. The second-order valence-corrected chi connectivity index (χ2v) is 6.94. The Morgan fingerprint density at radius 2 is 1.83 bits per heavy atom. The van der Waals surface area contributed by atoms with Gasteiger partial charge in [0.15, 0.2) is 0 Å². The van der Waals surface area contributed by atoms with Crippen LogP contribution in [0.5, 0.6) is 0 Å². The SMILES string of the molecule is Nc1ccccc1CCC(=O)N1CCN(CC2CCOCC2)CC1. The van der Waals surface area contributed by atoms with Crippen LogP contribution < -0.4 is 5.73 Å². The van der Waals surface area contributed by atoms with Crippen molar-refractivity contribution in [1.82, 2.24) is 9.80 Å². The number of nitrogens with zero attached hydrogens (tertiary/aromatic N) is 2. The molecule has 2 fully saturated rings. The zero-order chi connectivity index (χ0) is 16.8. The summed E-state index contributed by atoms with van der Waals surface area (Å²) in [6.45, 7) is 6.68. The molecule has 3 rings (SSSR count). The molecule has 1 aromatic rings. The number of carbonyl (C=O) groups is 1. The minimum atomic E-state index is 0.254. The molecule has 5 nitrogen and oxygen atoms in total.